The highest BCUT2D eigenvalue weighted by Gasteiger charge is 2.21. The summed E-state index contributed by atoms with van der Waals surface area (Å²) in [4.78, 5) is 2.22. The van der Waals surface area contributed by atoms with Crippen molar-refractivity contribution in [1.82, 2.24) is 4.90 Å². The molecule has 0 heterocycles. The number of hydrogen-bond donors (Lipinski definition) is 1. The van der Waals surface area contributed by atoms with Crippen LogP contribution in [0.2, 0.25) is 0 Å². The lowest BCUT2D eigenvalue weighted by molar-refractivity contribution is 0.146. The minimum absolute atomic E-state index is 0.104. The van der Waals surface area contributed by atoms with Crippen LogP contribution in [0.5, 0.6) is 0 Å². The van der Waals surface area contributed by atoms with Gasteiger partial charge in [-0.15, -0.1) is 0 Å². The van der Waals surface area contributed by atoms with Crippen molar-refractivity contribution in [2.45, 2.75) is 45.2 Å². The SMILES string of the molecule is CCC(C)(C)N(C)CCC(N)c1cc(F)cc(F)c1. The maximum Gasteiger partial charge on any atom is 0.126 e. The first-order valence-electron chi connectivity index (χ1n) is 6.69. The zero-order valence-corrected chi connectivity index (χ0v) is 12.2. The van der Waals surface area contributed by atoms with E-state index in [-0.39, 0.29) is 11.6 Å². The molecule has 0 fully saturated rings. The Bertz CT molecular complexity index is 398. The van der Waals surface area contributed by atoms with Gasteiger partial charge in [-0.2, -0.15) is 0 Å². The van der Waals surface area contributed by atoms with E-state index in [0.717, 1.165) is 19.0 Å². The summed E-state index contributed by atoms with van der Waals surface area (Å²) in [5, 5.41) is 0. The average Bonchev–Trinajstić information content (AvgIpc) is 2.34. The molecule has 0 radical (unpaired) electrons. The molecule has 0 saturated carbocycles. The predicted octanol–water partition coefficient (Wildman–Crippen LogP) is 3.48. The third-order valence-corrected chi connectivity index (χ3v) is 3.99. The molecule has 2 N–H and O–H groups in total. The second-order valence-corrected chi connectivity index (χ2v) is 5.69. The molecule has 0 aliphatic heterocycles. The number of rotatable bonds is 6. The summed E-state index contributed by atoms with van der Waals surface area (Å²) in [7, 11) is 2.04. The maximum absolute atomic E-state index is 13.1. The summed E-state index contributed by atoms with van der Waals surface area (Å²) in [6.45, 7) is 7.26. The van der Waals surface area contributed by atoms with Crippen LogP contribution in [0.25, 0.3) is 0 Å². The van der Waals surface area contributed by atoms with Gasteiger partial charge in [0.15, 0.2) is 0 Å². The van der Waals surface area contributed by atoms with Crippen LogP contribution in [-0.4, -0.2) is 24.0 Å². The van der Waals surface area contributed by atoms with Crippen molar-refractivity contribution in [2.75, 3.05) is 13.6 Å². The molecule has 1 aromatic carbocycles. The third kappa shape index (κ3) is 4.55. The lowest BCUT2D eigenvalue weighted by Gasteiger charge is -2.35. The zero-order chi connectivity index (χ0) is 14.6. The van der Waals surface area contributed by atoms with E-state index in [9.17, 15) is 8.78 Å². The number of nitrogens with two attached hydrogens (primary N) is 1. The summed E-state index contributed by atoms with van der Waals surface area (Å²) >= 11 is 0. The maximum atomic E-state index is 13.1. The molecule has 1 aromatic rings. The Morgan fingerprint density at radius 2 is 1.74 bits per heavy atom. The highest BCUT2D eigenvalue weighted by atomic mass is 19.1. The smallest absolute Gasteiger partial charge is 0.126 e. The van der Waals surface area contributed by atoms with Crippen LogP contribution >= 0.6 is 0 Å². The van der Waals surface area contributed by atoms with Gasteiger partial charge in [0.2, 0.25) is 0 Å². The van der Waals surface area contributed by atoms with E-state index in [1.807, 2.05) is 7.05 Å². The molecule has 0 aliphatic rings. The number of benzene rings is 1. The predicted molar refractivity (Wildman–Crippen MR) is 74.9 cm³/mol. The van der Waals surface area contributed by atoms with Crippen molar-refractivity contribution in [1.29, 1.82) is 0 Å². The van der Waals surface area contributed by atoms with Crippen molar-refractivity contribution < 1.29 is 8.78 Å². The van der Waals surface area contributed by atoms with Crippen molar-refractivity contribution in [3.8, 4) is 0 Å². The molecule has 0 saturated heterocycles. The van der Waals surface area contributed by atoms with E-state index in [1.165, 1.54) is 12.1 Å². The molecular formula is C15H24F2N2. The van der Waals surface area contributed by atoms with Gasteiger partial charge >= 0.3 is 0 Å². The first-order valence-corrected chi connectivity index (χ1v) is 6.69. The molecule has 108 valence electrons. The molecule has 1 atom stereocenters. The average molecular weight is 270 g/mol. The van der Waals surface area contributed by atoms with Crippen LogP contribution in [0.15, 0.2) is 18.2 Å². The van der Waals surface area contributed by atoms with Gasteiger partial charge in [-0.1, -0.05) is 6.92 Å². The second-order valence-electron chi connectivity index (χ2n) is 5.69. The van der Waals surface area contributed by atoms with Gasteiger partial charge in [0.1, 0.15) is 11.6 Å². The Morgan fingerprint density at radius 1 is 1.21 bits per heavy atom. The first kappa shape index (κ1) is 16.1. The first-order chi connectivity index (χ1) is 8.76. The van der Waals surface area contributed by atoms with Crippen LogP contribution < -0.4 is 5.73 Å². The van der Waals surface area contributed by atoms with Gasteiger partial charge in [-0.05, 0) is 51.4 Å². The van der Waals surface area contributed by atoms with Crippen molar-refractivity contribution in [2.24, 2.45) is 5.73 Å². The summed E-state index contributed by atoms with van der Waals surface area (Å²) in [6.07, 6.45) is 1.70. The van der Waals surface area contributed by atoms with Gasteiger partial charge in [-0.25, -0.2) is 8.78 Å². The van der Waals surface area contributed by atoms with Gasteiger partial charge in [0.05, 0.1) is 0 Å². The molecule has 0 bridgehead atoms. The standard InChI is InChI=1S/C15H24F2N2/c1-5-15(2,3)19(4)7-6-14(18)11-8-12(16)10-13(17)9-11/h8-10,14H,5-7,18H2,1-4H3. The Labute approximate surface area is 114 Å². The Balaban J connectivity index is 2.63. The quantitative estimate of drug-likeness (QED) is 0.857. The lowest BCUT2D eigenvalue weighted by Crippen LogP contribution is -2.41. The Hall–Kier alpha value is -1.00. The fourth-order valence-electron chi connectivity index (χ4n) is 1.86. The number of nitrogens with zero attached hydrogens (tertiary/aromatic N) is 1. The summed E-state index contributed by atoms with van der Waals surface area (Å²) < 4.78 is 26.3. The van der Waals surface area contributed by atoms with Crippen LogP contribution in [0, 0.1) is 11.6 Å². The van der Waals surface area contributed by atoms with Crippen LogP contribution in [0.1, 0.15) is 45.2 Å². The van der Waals surface area contributed by atoms with Gasteiger partial charge in [0.25, 0.3) is 0 Å². The molecule has 0 spiro atoms. The highest BCUT2D eigenvalue weighted by molar-refractivity contribution is 5.21. The van der Waals surface area contributed by atoms with Crippen LogP contribution in [0.3, 0.4) is 0 Å². The van der Waals surface area contributed by atoms with Crippen LogP contribution in [0.4, 0.5) is 8.78 Å². The summed E-state index contributed by atoms with van der Waals surface area (Å²) in [6, 6.07) is 3.13. The van der Waals surface area contributed by atoms with E-state index in [1.54, 1.807) is 0 Å². The molecule has 2 nitrogen and oxygen atoms in total. The van der Waals surface area contributed by atoms with Crippen LogP contribution in [-0.2, 0) is 0 Å². The summed E-state index contributed by atoms with van der Waals surface area (Å²) in [5.74, 6) is -1.15. The fourth-order valence-corrected chi connectivity index (χ4v) is 1.86. The van der Waals surface area contributed by atoms with E-state index < -0.39 is 11.6 Å². The molecule has 0 aromatic heterocycles. The normalized spacial score (nSPS) is 13.9. The van der Waals surface area contributed by atoms with Gasteiger partial charge < -0.3 is 10.6 Å². The molecule has 0 amide bonds. The molecule has 19 heavy (non-hydrogen) atoms. The topological polar surface area (TPSA) is 29.3 Å². The van der Waals surface area contributed by atoms with Gasteiger partial charge in [0, 0.05) is 24.2 Å². The highest BCUT2D eigenvalue weighted by Crippen LogP contribution is 2.21. The van der Waals surface area contributed by atoms with Gasteiger partial charge in [-0.3, -0.25) is 0 Å². The number of halogens is 2. The molecule has 1 unspecified atom stereocenters. The van der Waals surface area contributed by atoms with E-state index in [2.05, 4.69) is 25.7 Å². The lowest BCUT2D eigenvalue weighted by atomic mass is 9.98. The van der Waals surface area contributed by atoms with E-state index >= 15 is 0 Å². The Morgan fingerprint density at radius 3 is 2.21 bits per heavy atom. The fraction of sp³-hybridized carbons (Fsp3) is 0.600. The molecule has 4 heteroatoms. The zero-order valence-electron chi connectivity index (χ0n) is 12.2. The van der Waals surface area contributed by atoms with Crippen molar-refractivity contribution in [3.63, 3.8) is 0 Å². The molecular weight excluding hydrogens is 246 g/mol. The Kier molecular flexibility index (Phi) is 5.44. The minimum atomic E-state index is -0.576. The monoisotopic (exact) mass is 270 g/mol. The van der Waals surface area contributed by atoms with Crippen molar-refractivity contribution >= 4 is 0 Å². The number of hydrogen-bond acceptors (Lipinski definition) is 2. The largest absolute Gasteiger partial charge is 0.324 e. The van der Waals surface area contributed by atoms with E-state index in [4.69, 9.17) is 5.73 Å². The third-order valence-electron chi connectivity index (χ3n) is 3.99. The van der Waals surface area contributed by atoms with Crippen molar-refractivity contribution in [3.05, 3.63) is 35.4 Å². The molecule has 1 rings (SSSR count). The minimum Gasteiger partial charge on any atom is -0.324 e. The van der Waals surface area contributed by atoms with E-state index in [0.29, 0.717) is 12.0 Å². The second kappa shape index (κ2) is 6.44. The molecule has 0 aliphatic carbocycles. The summed E-state index contributed by atoms with van der Waals surface area (Å²) in [5.41, 5.74) is 6.62.